The van der Waals surface area contributed by atoms with Gasteiger partial charge in [-0.3, -0.25) is 9.79 Å². The molecule has 0 saturated heterocycles. The standard InChI is InChI=1S/C15H18F2N2O2/c1-15(2,3)21-14(20)4-10(8-18)9-19-13-6-11(16)5-12(17)7-13/h5-9H,4,18H2,1-3H3/b10-8-,19-9?. The van der Waals surface area contributed by atoms with Crippen LogP contribution < -0.4 is 5.73 Å². The molecule has 0 radical (unpaired) electrons. The van der Waals surface area contributed by atoms with Crippen LogP contribution in [0.5, 0.6) is 0 Å². The minimum Gasteiger partial charge on any atom is -0.460 e. The van der Waals surface area contributed by atoms with Gasteiger partial charge in [-0.25, -0.2) is 8.78 Å². The number of hydrogen-bond donors (Lipinski definition) is 1. The molecule has 0 aliphatic carbocycles. The number of benzene rings is 1. The van der Waals surface area contributed by atoms with Gasteiger partial charge in [-0.15, -0.1) is 0 Å². The third-order valence-corrected chi connectivity index (χ3v) is 2.21. The van der Waals surface area contributed by atoms with E-state index in [1.165, 1.54) is 12.4 Å². The second-order valence-electron chi connectivity index (χ2n) is 5.39. The maximum atomic E-state index is 13.0. The van der Waals surface area contributed by atoms with Gasteiger partial charge in [0, 0.05) is 12.3 Å². The maximum absolute atomic E-state index is 13.0. The first-order valence-electron chi connectivity index (χ1n) is 6.32. The second-order valence-corrected chi connectivity index (χ2v) is 5.39. The third-order valence-electron chi connectivity index (χ3n) is 2.21. The average molecular weight is 296 g/mol. The molecule has 4 nitrogen and oxygen atoms in total. The molecule has 0 aliphatic rings. The molecule has 0 aromatic heterocycles. The van der Waals surface area contributed by atoms with E-state index >= 15 is 0 Å². The van der Waals surface area contributed by atoms with E-state index in [0.717, 1.165) is 18.2 Å². The number of hydrogen-bond acceptors (Lipinski definition) is 4. The molecule has 0 aliphatic heterocycles. The smallest absolute Gasteiger partial charge is 0.310 e. The van der Waals surface area contributed by atoms with Crippen molar-refractivity contribution in [2.75, 3.05) is 0 Å². The van der Waals surface area contributed by atoms with Crippen molar-refractivity contribution < 1.29 is 18.3 Å². The highest BCUT2D eigenvalue weighted by molar-refractivity contribution is 5.88. The fraction of sp³-hybridized carbons (Fsp3) is 0.333. The molecular formula is C15H18F2N2O2. The monoisotopic (exact) mass is 296 g/mol. The van der Waals surface area contributed by atoms with Gasteiger partial charge in [-0.2, -0.15) is 0 Å². The fourth-order valence-electron chi connectivity index (χ4n) is 1.46. The molecule has 1 rings (SSSR count). The fourth-order valence-corrected chi connectivity index (χ4v) is 1.46. The van der Waals surface area contributed by atoms with Crippen LogP contribution in [0.1, 0.15) is 27.2 Å². The zero-order valence-electron chi connectivity index (χ0n) is 12.2. The van der Waals surface area contributed by atoms with Gasteiger partial charge >= 0.3 is 5.97 Å². The largest absolute Gasteiger partial charge is 0.460 e. The van der Waals surface area contributed by atoms with E-state index in [-0.39, 0.29) is 12.1 Å². The minimum absolute atomic E-state index is 0.0743. The number of ether oxygens (including phenoxy) is 1. The lowest BCUT2D eigenvalue weighted by atomic mass is 10.2. The molecule has 1 aromatic carbocycles. The Morgan fingerprint density at radius 2 is 1.86 bits per heavy atom. The topological polar surface area (TPSA) is 64.7 Å². The van der Waals surface area contributed by atoms with Crippen molar-refractivity contribution in [3.05, 3.63) is 41.6 Å². The first kappa shape index (κ1) is 16.8. The maximum Gasteiger partial charge on any atom is 0.310 e. The van der Waals surface area contributed by atoms with Crippen LogP contribution in [0.25, 0.3) is 0 Å². The molecule has 0 unspecified atom stereocenters. The number of aliphatic imine (C=N–C) groups is 1. The highest BCUT2D eigenvalue weighted by Gasteiger charge is 2.16. The van der Waals surface area contributed by atoms with Crippen molar-refractivity contribution in [1.29, 1.82) is 0 Å². The number of nitrogens with two attached hydrogens (primary N) is 1. The van der Waals surface area contributed by atoms with E-state index in [9.17, 15) is 13.6 Å². The predicted octanol–water partition coefficient (Wildman–Crippen LogP) is 3.24. The van der Waals surface area contributed by atoms with Gasteiger partial charge in [-0.05, 0) is 44.7 Å². The van der Waals surface area contributed by atoms with Crippen molar-refractivity contribution in [3.8, 4) is 0 Å². The molecule has 0 saturated carbocycles. The third kappa shape index (κ3) is 6.65. The summed E-state index contributed by atoms with van der Waals surface area (Å²) in [6.07, 6.45) is 2.40. The van der Waals surface area contributed by atoms with Crippen LogP contribution in [-0.2, 0) is 9.53 Å². The van der Waals surface area contributed by atoms with E-state index in [4.69, 9.17) is 10.5 Å². The molecule has 0 bridgehead atoms. The second kappa shape index (κ2) is 6.97. The van der Waals surface area contributed by atoms with Crippen molar-refractivity contribution in [1.82, 2.24) is 0 Å². The van der Waals surface area contributed by atoms with Crippen LogP contribution in [0.2, 0.25) is 0 Å². The summed E-state index contributed by atoms with van der Waals surface area (Å²) in [6, 6.07) is 2.89. The van der Waals surface area contributed by atoms with Crippen LogP contribution in [0.4, 0.5) is 14.5 Å². The lowest BCUT2D eigenvalue weighted by molar-refractivity contribution is -0.153. The van der Waals surface area contributed by atoms with Crippen LogP contribution in [0, 0.1) is 11.6 Å². The highest BCUT2D eigenvalue weighted by atomic mass is 19.1. The normalized spacial score (nSPS) is 12.7. The van der Waals surface area contributed by atoms with E-state index in [0.29, 0.717) is 5.57 Å². The van der Waals surface area contributed by atoms with E-state index in [1.807, 2.05) is 0 Å². The molecule has 6 heteroatoms. The summed E-state index contributed by atoms with van der Waals surface area (Å²) in [4.78, 5) is 15.5. The van der Waals surface area contributed by atoms with Crippen LogP contribution >= 0.6 is 0 Å². The van der Waals surface area contributed by atoms with E-state index < -0.39 is 23.2 Å². The predicted molar refractivity (Wildman–Crippen MR) is 77.2 cm³/mol. The van der Waals surface area contributed by atoms with Gasteiger partial charge in [0.2, 0.25) is 0 Å². The SMILES string of the molecule is CC(C)(C)OC(=O)C/C(C=Nc1cc(F)cc(F)c1)=C/N. The summed E-state index contributed by atoms with van der Waals surface area (Å²) in [5.74, 6) is -1.92. The number of carbonyl (C=O) groups is 1. The zero-order valence-corrected chi connectivity index (χ0v) is 12.2. The van der Waals surface area contributed by atoms with Crippen molar-refractivity contribution >= 4 is 17.9 Å². The number of nitrogens with zero attached hydrogens (tertiary/aromatic N) is 1. The van der Waals surface area contributed by atoms with E-state index in [1.54, 1.807) is 20.8 Å². The van der Waals surface area contributed by atoms with Gasteiger partial charge < -0.3 is 10.5 Å². The Bertz CT molecular complexity index is 555. The van der Waals surface area contributed by atoms with Gasteiger partial charge in [0.25, 0.3) is 0 Å². The molecule has 21 heavy (non-hydrogen) atoms. The lowest BCUT2D eigenvalue weighted by Gasteiger charge is -2.19. The number of carbonyl (C=O) groups excluding carboxylic acids is 1. The average Bonchev–Trinajstić information content (AvgIpc) is 2.30. The van der Waals surface area contributed by atoms with Gasteiger partial charge in [0.15, 0.2) is 0 Å². The number of esters is 1. The van der Waals surface area contributed by atoms with Crippen molar-refractivity contribution in [3.63, 3.8) is 0 Å². The molecule has 0 fully saturated rings. The summed E-state index contributed by atoms with van der Waals surface area (Å²) in [5.41, 5.74) is 5.28. The molecule has 1 aromatic rings. The Balaban J connectivity index is 2.74. The Kier molecular flexibility index (Phi) is 5.58. The Hall–Kier alpha value is -2.24. The van der Waals surface area contributed by atoms with Crippen LogP contribution in [0.15, 0.2) is 35.0 Å². The zero-order chi connectivity index (χ0) is 16.0. The molecule has 0 heterocycles. The lowest BCUT2D eigenvalue weighted by Crippen LogP contribution is -2.24. The molecule has 0 atom stereocenters. The Labute approximate surface area is 122 Å². The van der Waals surface area contributed by atoms with E-state index in [2.05, 4.69) is 4.99 Å². The minimum atomic E-state index is -0.729. The molecule has 0 spiro atoms. The Morgan fingerprint density at radius 1 is 1.29 bits per heavy atom. The Morgan fingerprint density at radius 3 is 2.33 bits per heavy atom. The molecule has 0 amide bonds. The van der Waals surface area contributed by atoms with Gasteiger partial charge in [0.05, 0.1) is 12.1 Å². The summed E-state index contributed by atoms with van der Waals surface area (Å²) in [6.45, 7) is 5.25. The summed E-state index contributed by atoms with van der Waals surface area (Å²) >= 11 is 0. The molecule has 114 valence electrons. The molecule has 2 N–H and O–H groups in total. The summed E-state index contributed by atoms with van der Waals surface area (Å²) in [5, 5.41) is 0. The van der Waals surface area contributed by atoms with Crippen molar-refractivity contribution in [2.24, 2.45) is 10.7 Å². The van der Waals surface area contributed by atoms with Gasteiger partial charge in [-0.1, -0.05) is 0 Å². The first-order chi connectivity index (χ1) is 9.69. The molecular weight excluding hydrogens is 278 g/mol. The van der Waals surface area contributed by atoms with Crippen LogP contribution in [0.3, 0.4) is 0 Å². The quantitative estimate of drug-likeness (QED) is 0.685. The summed E-state index contributed by atoms with van der Waals surface area (Å²) in [7, 11) is 0. The highest BCUT2D eigenvalue weighted by Crippen LogP contribution is 2.16. The first-order valence-corrected chi connectivity index (χ1v) is 6.32. The van der Waals surface area contributed by atoms with Crippen LogP contribution in [-0.4, -0.2) is 17.8 Å². The van der Waals surface area contributed by atoms with Gasteiger partial charge in [0.1, 0.15) is 17.2 Å². The number of rotatable bonds is 4. The van der Waals surface area contributed by atoms with Crippen molar-refractivity contribution in [2.45, 2.75) is 32.8 Å². The number of halogens is 2. The summed E-state index contributed by atoms with van der Waals surface area (Å²) < 4.78 is 31.1.